The molecule has 1 heteroatoms. The van der Waals surface area contributed by atoms with Crippen molar-refractivity contribution in [1.29, 1.82) is 5.26 Å². The molecule has 1 aliphatic rings. The SMILES string of the molecule is C=C1CC(C#N)C1(C)C. The molecule has 0 bridgehead atoms. The lowest BCUT2D eigenvalue weighted by atomic mass is 9.60. The van der Waals surface area contributed by atoms with E-state index in [4.69, 9.17) is 5.26 Å². The molecule has 0 aliphatic heterocycles. The molecule has 0 aromatic carbocycles. The Kier molecular flexibility index (Phi) is 1.13. The van der Waals surface area contributed by atoms with Gasteiger partial charge in [-0.2, -0.15) is 5.26 Å². The number of hydrogen-bond donors (Lipinski definition) is 0. The molecule has 0 heterocycles. The van der Waals surface area contributed by atoms with Crippen LogP contribution in [-0.2, 0) is 0 Å². The third-order valence-corrected chi connectivity index (χ3v) is 2.39. The molecule has 1 fully saturated rings. The van der Waals surface area contributed by atoms with Gasteiger partial charge in [-0.25, -0.2) is 0 Å². The van der Waals surface area contributed by atoms with Crippen molar-refractivity contribution in [3.8, 4) is 6.07 Å². The van der Waals surface area contributed by atoms with Gasteiger partial charge < -0.3 is 0 Å². The summed E-state index contributed by atoms with van der Waals surface area (Å²) in [5.41, 5.74) is 1.31. The van der Waals surface area contributed by atoms with Crippen LogP contribution in [0.2, 0.25) is 0 Å². The minimum Gasteiger partial charge on any atom is -0.198 e. The highest BCUT2D eigenvalue weighted by Gasteiger charge is 2.42. The summed E-state index contributed by atoms with van der Waals surface area (Å²) in [4.78, 5) is 0. The predicted octanol–water partition coefficient (Wildman–Crippen LogP) is 2.11. The highest BCUT2D eigenvalue weighted by Crippen LogP contribution is 2.49. The first kappa shape index (κ1) is 6.35. The maximum atomic E-state index is 8.55. The Balaban J connectivity index is 2.72. The van der Waals surface area contributed by atoms with Crippen LogP contribution in [0.3, 0.4) is 0 Å². The third-order valence-electron chi connectivity index (χ3n) is 2.39. The fourth-order valence-corrected chi connectivity index (χ4v) is 1.09. The summed E-state index contributed by atoms with van der Waals surface area (Å²) in [6.45, 7) is 8.01. The fraction of sp³-hybridized carbons (Fsp3) is 0.625. The highest BCUT2D eigenvalue weighted by atomic mass is 14.5. The van der Waals surface area contributed by atoms with E-state index in [1.54, 1.807) is 0 Å². The van der Waals surface area contributed by atoms with Crippen molar-refractivity contribution in [2.24, 2.45) is 11.3 Å². The molecule has 1 atom stereocenters. The molecule has 0 saturated heterocycles. The average Bonchev–Trinajstić information content (AvgIpc) is 1.82. The summed E-state index contributed by atoms with van der Waals surface area (Å²) in [5.74, 6) is 0.213. The van der Waals surface area contributed by atoms with Gasteiger partial charge in [0.15, 0.2) is 0 Å². The Morgan fingerprint density at radius 3 is 2.44 bits per heavy atom. The second kappa shape index (κ2) is 1.60. The van der Waals surface area contributed by atoms with E-state index in [1.807, 2.05) is 0 Å². The Hall–Kier alpha value is -0.770. The molecule has 1 unspecified atom stereocenters. The van der Waals surface area contributed by atoms with E-state index < -0.39 is 0 Å². The first-order valence-electron chi connectivity index (χ1n) is 3.17. The van der Waals surface area contributed by atoms with Crippen LogP contribution < -0.4 is 0 Å². The lowest BCUT2D eigenvalue weighted by Gasteiger charge is -2.42. The van der Waals surface area contributed by atoms with E-state index in [2.05, 4.69) is 26.5 Å². The summed E-state index contributed by atoms with van der Waals surface area (Å²) in [7, 11) is 0. The van der Waals surface area contributed by atoms with Crippen molar-refractivity contribution in [3.63, 3.8) is 0 Å². The van der Waals surface area contributed by atoms with Crippen LogP contribution in [-0.4, -0.2) is 0 Å². The molecule has 0 spiro atoms. The molecular weight excluding hydrogens is 110 g/mol. The van der Waals surface area contributed by atoms with Crippen LogP contribution in [0.15, 0.2) is 12.2 Å². The van der Waals surface area contributed by atoms with Gasteiger partial charge in [-0.1, -0.05) is 26.0 Å². The molecule has 0 aromatic rings. The molecule has 1 saturated carbocycles. The normalized spacial score (nSPS) is 30.8. The van der Waals surface area contributed by atoms with Gasteiger partial charge in [-0.15, -0.1) is 0 Å². The molecule has 1 rings (SSSR count). The lowest BCUT2D eigenvalue weighted by Crippen LogP contribution is -2.35. The number of rotatable bonds is 0. The van der Waals surface area contributed by atoms with E-state index in [1.165, 1.54) is 5.57 Å². The van der Waals surface area contributed by atoms with Crippen molar-refractivity contribution < 1.29 is 0 Å². The van der Waals surface area contributed by atoms with Gasteiger partial charge in [0.25, 0.3) is 0 Å². The molecule has 0 amide bonds. The minimum atomic E-state index is 0.0920. The van der Waals surface area contributed by atoms with E-state index in [-0.39, 0.29) is 11.3 Å². The molecule has 1 nitrogen and oxygen atoms in total. The van der Waals surface area contributed by atoms with E-state index in [0.29, 0.717) is 0 Å². The van der Waals surface area contributed by atoms with Gasteiger partial charge in [-0.05, 0) is 6.42 Å². The highest BCUT2D eigenvalue weighted by molar-refractivity contribution is 5.25. The molecule has 1 aliphatic carbocycles. The summed E-state index contributed by atoms with van der Waals surface area (Å²) >= 11 is 0. The van der Waals surface area contributed by atoms with Crippen LogP contribution in [0.4, 0.5) is 0 Å². The van der Waals surface area contributed by atoms with Crippen LogP contribution in [0.25, 0.3) is 0 Å². The predicted molar refractivity (Wildman–Crippen MR) is 36.6 cm³/mol. The third kappa shape index (κ3) is 0.666. The smallest absolute Gasteiger partial charge is 0.0668 e. The average molecular weight is 121 g/mol. The number of hydrogen-bond acceptors (Lipinski definition) is 1. The molecule has 48 valence electrons. The molecule has 0 N–H and O–H groups in total. The monoisotopic (exact) mass is 121 g/mol. The maximum absolute atomic E-state index is 8.55. The quantitative estimate of drug-likeness (QED) is 0.450. The summed E-state index contributed by atoms with van der Waals surface area (Å²) < 4.78 is 0. The topological polar surface area (TPSA) is 23.8 Å². The maximum Gasteiger partial charge on any atom is 0.0668 e. The van der Waals surface area contributed by atoms with Gasteiger partial charge in [0, 0.05) is 5.41 Å². The van der Waals surface area contributed by atoms with Crippen molar-refractivity contribution in [3.05, 3.63) is 12.2 Å². The minimum absolute atomic E-state index is 0.0920. The lowest BCUT2D eigenvalue weighted by molar-refractivity contribution is 0.226. The van der Waals surface area contributed by atoms with Crippen LogP contribution in [0.5, 0.6) is 0 Å². The van der Waals surface area contributed by atoms with Crippen molar-refractivity contribution in [2.75, 3.05) is 0 Å². The Bertz CT molecular complexity index is 183. The van der Waals surface area contributed by atoms with Gasteiger partial charge in [-0.3, -0.25) is 0 Å². The Labute approximate surface area is 56.0 Å². The van der Waals surface area contributed by atoms with Crippen LogP contribution in [0.1, 0.15) is 20.3 Å². The van der Waals surface area contributed by atoms with Crippen LogP contribution >= 0.6 is 0 Å². The largest absolute Gasteiger partial charge is 0.198 e. The van der Waals surface area contributed by atoms with Crippen molar-refractivity contribution >= 4 is 0 Å². The van der Waals surface area contributed by atoms with Gasteiger partial charge in [0.1, 0.15) is 0 Å². The zero-order chi connectivity index (χ0) is 7.07. The van der Waals surface area contributed by atoms with E-state index >= 15 is 0 Å². The Morgan fingerprint density at radius 1 is 1.78 bits per heavy atom. The standard InChI is InChI=1S/C8H11N/c1-6-4-7(5-9)8(6,2)3/h7H,1,4H2,2-3H3. The number of nitrogens with zero attached hydrogens (tertiary/aromatic N) is 1. The van der Waals surface area contributed by atoms with E-state index in [9.17, 15) is 0 Å². The molecule has 9 heavy (non-hydrogen) atoms. The van der Waals surface area contributed by atoms with Crippen molar-refractivity contribution in [1.82, 2.24) is 0 Å². The number of allylic oxidation sites excluding steroid dienone is 1. The second-order valence-corrected chi connectivity index (χ2v) is 3.21. The van der Waals surface area contributed by atoms with Gasteiger partial charge >= 0.3 is 0 Å². The fourth-order valence-electron chi connectivity index (χ4n) is 1.09. The summed E-state index contributed by atoms with van der Waals surface area (Å²) in [6.07, 6.45) is 0.906. The van der Waals surface area contributed by atoms with Gasteiger partial charge in [0.2, 0.25) is 0 Å². The summed E-state index contributed by atoms with van der Waals surface area (Å²) in [6, 6.07) is 2.26. The zero-order valence-corrected chi connectivity index (χ0v) is 5.94. The molecule has 0 radical (unpaired) electrons. The van der Waals surface area contributed by atoms with Gasteiger partial charge in [0.05, 0.1) is 12.0 Å². The Morgan fingerprint density at radius 2 is 2.33 bits per heavy atom. The zero-order valence-electron chi connectivity index (χ0n) is 5.94. The number of nitriles is 1. The summed E-state index contributed by atoms with van der Waals surface area (Å²) in [5, 5.41) is 8.55. The van der Waals surface area contributed by atoms with Crippen LogP contribution in [0, 0.1) is 22.7 Å². The van der Waals surface area contributed by atoms with E-state index in [0.717, 1.165) is 6.42 Å². The van der Waals surface area contributed by atoms with Crippen molar-refractivity contribution in [2.45, 2.75) is 20.3 Å². The first-order chi connectivity index (χ1) is 4.09. The molecule has 0 aromatic heterocycles. The second-order valence-electron chi connectivity index (χ2n) is 3.21. The molecular formula is C8H11N. The first-order valence-corrected chi connectivity index (χ1v) is 3.17.